The van der Waals surface area contributed by atoms with Gasteiger partial charge in [0.2, 0.25) is 5.49 Å². The van der Waals surface area contributed by atoms with E-state index < -0.39 is 4.92 Å². The molecule has 9 heteroatoms. The topological polar surface area (TPSA) is 85.3 Å². The fraction of sp³-hybridized carbons (Fsp3) is 0.500. The van der Waals surface area contributed by atoms with Gasteiger partial charge < -0.3 is 9.88 Å². The van der Waals surface area contributed by atoms with Crippen LogP contribution in [0, 0.1) is 10.1 Å². The molecule has 0 fully saturated rings. The van der Waals surface area contributed by atoms with Gasteiger partial charge >= 0.3 is 5.69 Å². The Balaban J connectivity index is 0.00000144. The Labute approximate surface area is 108 Å². The molecule has 0 spiro atoms. The second-order valence-corrected chi connectivity index (χ2v) is 3.59. The van der Waals surface area contributed by atoms with E-state index >= 15 is 0 Å². The molecule has 1 N–H and O–H groups in total. The SMILES string of the molecule is Cl.O=[N+]([O-])c1c2n(cnc1=NCCCl)CCN2. The number of aromatic nitrogens is 2. The summed E-state index contributed by atoms with van der Waals surface area (Å²) in [4.78, 5) is 18.4. The number of rotatable bonds is 3. The molecule has 1 aliphatic heterocycles. The minimum Gasteiger partial charge on any atom is -0.364 e. The van der Waals surface area contributed by atoms with Crippen LogP contribution >= 0.6 is 24.0 Å². The van der Waals surface area contributed by atoms with Crippen molar-refractivity contribution in [2.45, 2.75) is 6.54 Å². The van der Waals surface area contributed by atoms with Crippen molar-refractivity contribution in [3.63, 3.8) is 0 Å². The number of nitro groups is 1. The van der Waals surface area contributed by atoms with Crippen LogP contribution in [0.4, 0.5) is 11.5 Å². The smallest absolute Gasteiger partial charge is 0.353 e. The summed E-state index contributed by atoms with van der Waals surface area (Å²) in [5.74, 6) is 0.782. The molecule has 0 atom stereocenters. The Morgan fingerprint density at radius 3 is 3.12 bits per heavy atom. The van der Waals surface area contributed by atoms with E-state index in [1.807, 2.05) is 0 Å². The number of halogens is 2. The lowest BCUT2D eigenvalue weighted by molar-refractivity contribution is -0.385. The Hall–Kier alpha value is -1.34. The van der Waals surface area contributed by atoms with Crippen LogP contribution in [0.5, 0.6) is 0 Å². The maximum absolute atomic E-state index is 11.0. The van der Waals surface area contributed by atoms with Gasteiger partial charge in [0, 0.05) is 19.0 Å². The Kier molecular flexibility index (Phi) is 4.71. The number of alkyl halides is 1. The van der Waals surface area contributed by atoms with Crippen molar-refractivity contribution in [3.05, 3.63) is 21.9 Å². The van der Waals surface area contributed by atoms with Crippen LogP contribution in [0.2, 0.25) is 0 Å². The van der Waals surface area contributed by atoms with E-state index in [0.717, 1.165) is 0 Å². The molecule has 1 aromatic heterocycles. The monoisotopic (exact) mass is 279 g/mol. The summed E-state index contributed by atoms with van der Waals surface area (Å²) in [5.41, 5.74) is 0.0522. The zero-order chi connectivity index (χ0) is 11.5. The van der Waals surface area contributed by atoms with Crippen LogP contribution in [0.1, 0.15) is 0 Å². The molecule has 7 nitrogen and oxygen atoms in total. The van der Waals surface area contributed by atoms with E-state index in [0.29, 0.717) is 31.3 Å². The largest absolute Gasteiger partial charge is 0.364 e. The Morgan fingerprint density at radius 2 is 2.47 bits per heavy atom. The number of fused-ring (bicyclic) bond motifs is 1. The van der Waals surface area contributed by atoms with Crippen molar-refractivity contribution >= 4 is 35.5 Å². The summed E-state index contributed by atoms with van der Waals surface area (Å²) in [6, 6.07) is 0. The first kappa shape index (κ1) is 13.7. The van der Waals surface area contributed by atoms with Crippen molar-refractivity contribution in [3.8, 4) is 0 Å². The Bertz CT molecular complexity index is 487. The average Bonchev–Trinajstić information content (AvgIpc) is 2.72. The maximum atomic E-state index is 11.0. The normalized spacial score (nSPS) is 13.8. The van der Waals surface area contributed by atoms with Gasteiger partial charge in [-0.2, -0.15) is 0 Å². The van der Waals surface area contributed by atoms with E-state index in [9.17, 15) is 10.1 Å². The van der Waals surface area contributed by atoms with Gasteiger partial charge in [0.05, 0.1) is 17.8 Å². The lowest BCUT2D eigenvalue weighted by Crippen LogP contribution is -2.18. The van der Waals surface area contributed by atoms with E-state index in [1.54, 1.807) is 10.9 Å². The quantitative estimate of drug-likeness (QED) is 0.503. The first-order valence-corrected chi connectivity index (χ1v) is 5.31. The lowest BCUT2D eigenvalue weighted by atomic mass is 10.4. The third-order valence-corrected chi connectivity index (χ3v) is 2.39. The maximum Gasteiger partial charge on any atom is 0.353 e. The summed E-state index contributed by atoms with van der Waals surface area (Å²) >= 11 is 5.49. The zero-order valence-electron chi connectivity index (χ0n) is 8.80. The summed E-state index contributed by atoms with van der Waals surface area (Å²) in [5, 5.41) is 13.9. The third kappa shape index (κ3) is 2.67. The molecule has 0 aliphatic carbocycles. The molecule has 0 unspecified atom stereocenters. The summed E-state index contributed by atoms with van der Waals surface area (Å²) in [7, 11) is 0. The molecule has 0 aromatic carbocycles. The van der Waals surface area contributed by atoms with Crippen LogP contribution in [0.25, 0.3) is 0 Å². The molecule has 0 saturated carbocycles. The highest BCUT2D eigenvalue weighted by Crippen LogP contribution is 2.21. The highest BCUT2D eigenvalue weighted by atomic mass is 35.5. The van der Waals surface area contributed by atoms with Crippen LogP contribution < -0.4 is 10.8 Å². The van der Waals surface area contributed by atoms with Crippen molar-refractivity contribution in [2.24, 2.45) is 4.99 Å². The first-order chi connectivity index (χ1) is 7.74. The zero-order valence-corrected chi connectivity index (χ0v) is 10.4. The molecule has 1 aliphatic rings. The van der Waals surface area contributed by atoms with Crippen LogP contribution in [-0.2, 0) is 6.54 Å². The predicted octanol–water partition coefficient (Wildman–Crippen LogP) is 0.778. The van der Waals surface area contributed by atoms with Crippen molar-refractivity contribution in [1.29, 1.82) is 0 Å². The van der Waals surface area contributed by atoms with E-state index in [2.05, 4.69) is 15.3 Å². The number of nitrogens with one attached hydrogen (secondary N) is 1. The standard InChI is InChI=1S/C8H10ClN5O2.ClH/c9-1-2-10-7-6(14(15)16)8-11-3-4-13(8)5-12-7;/h5,11H,1-4H2;1H. The fourth-order valence-electron chi connectivity index (χ4n) is 1.57. The molecule has 1 aromatic rings. The van der Waals surface area contributed by atoms with Gasteiger partial charge in [0.25, 0.3) is 0 Å². The Morgan fingerprint density at radius 1 is 1.71 bits per heavy atom. The molecule has 2 rings (SSSR count). The van der Waals surface area contributed by atoms with Gasteiger partial charge in [-0.05, 0) is 0 Å². The molecule has 2 heterocycles. The van der Waals surface area contributed by atoms with Crippen molar-refractivity contribution in [2.75, 3.05) is 24.3 Å². The number of hydrogen-bond donors (Lipinski definition) is 1. The number of anilines is 1. The van der Waals surface area contributed by atoms with Gasteiger partial charge in [0.1, 0.15) is 0 Å². The lowest BCUT2D eigenvalue weighted by Gasteiger charge is -2.02. The second kappa shape index (κ2) is 5.83. The number of nitrogens with zero attached hydrogens (tertiary/aromatic N) is 4. The van der Waals surface area contributed by atoms with Crippen molar-refractivity contribution < 1.29 is 4.92 Å². The molecule has 17 heavy (non-hydrogen) atoms. The van der Waals surface area contributed by atoms with Gasteiger partial charge in [-0.25, -0.2) is 4.98 Å². The summed E-state index contributed by atoms with van der Waals surface area (Å²) in [6.45, 7) is 1.67. The molecular weight excluding hydrogens is 269 g/mol. The molecule has 94 valence electrons. The predicted molar refractivity (Wildman–Crippen MR) is 65.8 cm³/mol. The van der Waals surface area contributed by atoms with Gasteiger partial charge in [-0.1, -0.05) is 0 Å². The van der Waals surface area contributed by atoms with Crippen LogP contribution in [0.3, 0.4) is 0 Å². The second-order valence-electron chi connectivity index (χ2n) is 3.21. The van der Waals surface area contributed by atoms with Gasteiger partial charge in [0.15, 0.2) is 5.82 Å². The van der Waals surface area contributed by atoms with Crippen LogP contribution in [0.15, 0.2) is 11.3 Å². The molecule has 0 amide bonds. The minimum atomic E-state index is -0.468. The number of hydrogen-bond acceptors (Lipinski definition) is 5. The third-order valence-electron chi connectivity index (χ3n) is 2.22. The van der Waals surface area contributed by atoms with E-state index in [1.165, 1.54) is 0 Å². The van der Waals surface area contributed by atoms with E-state index in [4.69, 9.17) is 11.6 Å². The fourth-order valence-corrected chi connectivity index (χ4v) is 1.65. The van der Waals surface area contributed by atoms with Gasteiger partial charge in [-0.3, -0.25) is 15.1 Å². The molecule has 0 bridgehead atoms. The average molecular weight is 280 g/mol. The summed E-state index contributed by atoms with van der Waals surface area (Å²) < 4.78 is 1.71. The van der Waals surface area contributed by atoms with E-state index in [-0.39, 0.29) is 23.6 Å². The first-order valence-electron chi connectivity index (χ1n) is 4.78. The highest BCUT2D eigenvalue weighted by Gasteiger charge is 2.24. The molecule has 0 saturated heterocycles. The van der Waals surface area contributed by atoms with Gasteiger partial charge in [-0.15, -0.1) is 24.0 Å². The summed E-state index contributed by atoms with van der Waals surface area (Å²) in [6.07, 6.45) is 1.55. The highest BCUT2D eigenvalue weighted by molar-refractivity contribution is 6.18. The minimum absolute atomic E-state index is 0. The molecule has 0 radical (unpaired) electrons. The van der Waals surface area contributed by atoms with Crippen LogP contribution in [-0.4, -0.2) is 33.4 Å². The van der Waals surface area contributed by atoms with Crippen molar-refractivity contribution in [1.82, 2.24) is 9.55 Å². The molecular formula is C8H11Cl2N5O2.